The molecular formula is C16H14ClNO4. The van der Waals surface area contributed by atoms with Crippen LogP contribution in [-0.2, 0) is 11.2 Å². The van der Waals surface area contributed by atoms with Crippen molar-refractivity contribution in [3.63, 3.8) is 0 Å². The van der Waals surface area contributed by atoms with E-state index in [-0.39, 0.29) is 12.1 Å². The van der Waals surface area contributed by atoms with Crippen molar-refractivity contribution in [3.05, 3.63) is 64.2 Å². The lowest BCUT2D eigenvalue weighted by molar-refractivity contribution is -0.384. The van der Waals surface area contributed by atoms with E-state index in [1.165, 1.54) is 6.07 Å². The molecule has 2 rings (SSSR count). The zero-order chi connectivity index (χ0) is 16.1. The van der Waals surface area contributed by atoms with Gasteiger partial charge in [-0.1, -0.05) is 36.4 Å². The summed E-state index contributed by atoms with van der Waals surface area (Å²) >= 11 is 5.66. The van der Waals surface area contributed by atoms with Crippen molar-refractivity contribution in [2.24, 2.45) is 0 Å². The van der Waals surface area contributed by atoms with Gasteiger partial charge >= 0.3 is 5.97 Å². The molecule has 114 valence electrons. The molecule has 1 unspecified atom stereocenters. The number of carboxylic acids is 1. The van der Waals surface area contributed by atoms with Crippen molar-refractivity contribution in [1.29, 1.82) is 0 Å². The summed E-state index contributed by atoms with van der Waals surface area (Å²) in [4.78, 5) is 21.5. The molecule has 1 N–H and O–H groups in total. The van der Waals surface area contributed by atoms with Crippen molar-refractivity contribution in [2.75, 3.05) is 0 Å². The Balaban J connectivity index is 2.28. The predicted octanol–water partition coefficient (Wildman–Crippen LogP) is 3.89. The molecule has 0 amide bonds. The standard InChI is InChI=1S/C16H14ClNO4/c17-14(16(19)20)9-7-11-6-8-13(15(10-11)18(21)22)12-4-2-1-3-5-12/h1-6,8,10,14H,7,9H2,(H,19,20). The third kappa shape index (κ3) is 3.83. The average Bonchev–Trinajstić information content (AvgIpc) is 2.53. The first-order valence-corrected chi connectivity index (χ1v) is 7.12. The fraction of sp³-hybridized carbons (Fsp3) is 0.188. The summed E-state index contributed by atoms with van der Waals surface area (Å²) in [6.07, 6.45) is 0.592. The molecule has 2 aromatic rings. The number of alkyl halides is 1. The molecule has 22 heavy (non-hydrogen) atoms. The van der Waals surface area contributed by atoms with Gasteiger partial charge in [-0.15, -0.1) is 11.6 Å². The largest absolute Gasteiger partial charge is 0.480 e. The third-order valence-electron chi connectivity index (χ3n) is 3.30. The van der Waals surface area contributed by atoms with Gasteiger partial charge in [0.1, 0.15) is 5.38 Å². The topological polar surface area (TPSA) is 80.4 Å². The molecule has 0 spiro atoms. The Hall–Kier alpha value is -2.40. The maximum atomic E-state index is 11.3. The zero-order valence-electron chi connectivity index (χ0n) is 11.6. The van der Waals surface area contributed by atoms with Crippen molar-refractivity contribution >= 4 is 23.3 Å². The number of carboxylic acid groups (broad SMARTS) is 1. The Morgan fingerprint density at radius 3 is 2.50 bits per heavy atom. The van der Waals surface area contributed by atoms with Crippen molar-refractivity contribution in [2.45, 2.75) is 18.2 Å². The Morgan fingerprint density at radius 1 is 1.23 bits per heavy atom. The van der Waals surface area contributed by atoms with E-state index in [2.05, 4.69) is 0 Å². The van der Waals surface area contributed by atoms with Crippen LogP contribution in [0.3, 0.4) is 0 Å². The number of halogens is 1. The number of aryl methyl sites for hydroxylation is 1. The Bertz CT molecular complexity index is 688. The van der Waals surface area contributed by atoms with Crippen LogP contribution in [0, 0.1) is 10.1 Å². The number of hydrogen-bond donors (Lipinski definition) is 1. The number of hydrogen-bond acceptors (Lipinski definition) is 3. The maximum Gasteiger partial charge on any atom is 0.321 e. The second-order valence-electron chi connectivity index (χ2n) is 4.82. The molecule has 0 aliphatic carbocycles. The number of benzene rings is 2. The van der Waals surface area contributed by atoms with Gasteiger partial charge in [0, 0.05) is 6.07 Å². The first-order chi connectivity index (χ1) is 10.5. The SMILES string of the molecule is O=C(O)C(Cl)CCc1ccc(-c2ccccc2)c([N+](=O)[O-])c1. The summed E-state index contributed by atoms with van der Waals surface area (Å²) in [7, 11) is 0. The van der Waals surface area contributed by atoms with Crippen LogP contribution in [0.2, 0.25) is 0 Å². The number of rotatable bonds is 6. The zero-order valence-corrected chi connectivity index (χ0v) is 12.4. The quantitative estimate of drug-likeness (QED) is 0.497. The molecule has 0 aliphatic heterocycles. The highest BCUT2D eigenvalue weighted by Gasteiger charge is 2.18. The Morgan fingerprint density at radius 2 is 1.91 bits per heavy atom. The van der Waals surface area contributed by atoms with Gasteiger partial charge in [0.05, 0.1) is 10.5 Å². The molecular weight excluding hydrogens is 306 g/mol. The molecule has 0 aliphatic rings. The second kappa shape index (κ2) is 7.04. The number of nitro groups is 1. The highest BCUT2D eigenvalue weighted by molar-refractivity contribution is 6.29. The van der Waals surface area contributed by atoms with Crippen LogP contribution in [0.4, 0.5) is 5.69 Å². The Kier molecular flexibility index (Phi) is 5.12. The lowest BCUT2D eigenvalue weighted by Crippen LogP contribution is -2.13. The molecule has 5 nitrogen and oxygen atoms in total. The van der Waals surface area contributed by atoms with E-state index in [0.29, 0.717) is 17.5 Å². The second-order valence-corrected chi connectivity index (χ2v) is 5.35. The summed E-state index contributed by atoms with van der Waals surface area (Å²) in [5, 5.41) is 19.0. The average molecular weight is 320 g/mol. The van der Waals surface area contributed by atoms with Gasteiger partial charge in [-0.2, -0.15) is 0 Å². The predicted molar refractivity (Wildman–Crippen MR) is 84.1 cm³/mol. The van der Waals surface area contributed by atoms with Gasteiger partial charge in [0.15, 0.2) is 0 Å². The third-order valence-corrected chi connectivity index (χ3v) is 3.70. The van der Waals surface area contributed by atoms with Crippen LogP contribution in [0.5, 0.6) is 0 Å². The minimum Gasteiger partial charge on any atom is -0.480 e. The summed E-state index contributed by atoms with van der Waals surface area (Å²) in [6, 6.07) is 14.0. The first kappa shape index (κ1) is 16.0. The minimum absolute atomic E-state index is 0.00477. The first-order valence-electron chi connectivity index (χ1n) is 6.68. The maximum absolute atomic E-state index is 11.3. The summed E-state index contributed by atoms with van der Waals surface area (Å²) in [5.41, 5.74) is 2.00. The highest BCUT2D eigenvalue weighted by Crippen LogP contribution is 2.31. The smallest absolute Gasteiger partial charge is 0.321 e. The number of nitrogens with zero attached hydrogens (tertiary/aromatic N) is 1. The van der Waals surface area contributed by atoms with Gasteiger partial charge in [-0.3, -0.25) is 14.9 Å². The minimum atomic E-state index is -1.09. The van der Waals surface area contributed by atoms with Crippen LogP contribution in [-0.4, -0.2) is 21.4 Å². The monoisotopic (exact) mass is 319 g/mol. The normalized spacial score (nSPS) is 11.9. The van der Waals surface area contributed by atoms with E-state index >= 15 is 0 Å². The van der Waals surface area contributed by atoms with Crippen LogP contribution in [0.25, 0.3) is 11.1 Å². The van der Waals surface area contributed by atoms with Crippen molar-refractivity contribution < 1.29 is 14.8 Å². The summed E-state index contributed by atoms with van der Waals surface area (Å²) in [5.74, 6) is -1.09. The summed E-state index contributed by atoms with van der Waals surface area (Å²) < 4.78 is 0. The van der Waals surface area contributed by atoms with E-state index in [1.54, 1.807) is 24.3 Å². The molecule has 0 saturated heterocycles. The van der Waals surface area contributed by atoms with E-state index in [9.17, 15) is 14.9 Å². The molecule has 0 fully saturated rings. The van der Waals surface area contributed by atoms with Gasteiger partial charge in [-0.05, 0) is 30.0 Å². The van der Waals surface area contributed by atoms with Crippen LogP contribution in [0.15, 0.2) is 48.5 Å². The lowest BCUT2D eigenvalue weighted by Gasteiger charge is -2.07. The van der Waals surface area contributed by atoms with Gasteiger partial charge in [-0.25, -0.2) is 0 Å². The van der Waals surface area contributed by atoms with Gasteiger partial charge in [0.25, 0.3) is 5.69 Å². The molecule has 0 bridgehead atoms. The van der Waals surface area contributed by atoms with E-state index in [4.69, 9.17) is 16.7 Å². The van der Waals surface area contributed by atoms with E-state index < -0.39 is 16.3 Å². The van der Waals surface area contributed by atoms with Crippen molar-refractivity contribution in [3.8, 4) is 11.1 Å². The van der Waals surface area contributed by atoms with Crippen LogP contribution >= 0.6 is 11.6 Å². The van der Waals surface area contributed by atoms with Gasteiger partial charge in [0.2, 0.25) is 0 Å². The number of aliphatic carboxylic acids is 1. The highest BCUT2D eigenvalue weighted by atomic mass is 35.5. The van der Waals surface area contributed by atoms with Crippen LogP contribution in [0.1, 0.15) is 12.0 Å². The van der Waals surface area contributed by atoms with Crippen LogP contribution < -0.4 is 0 Å². The molecule has 0 saturated carbocycles. The molecule has 6 heteroatoms. The number of nitro benzene ring substituents is 1. The Labute approximate surface area is 132 Å². The molecule has 0 aromatic heterocycles. The number of carbonyl (C=O) groups is 1. The van der Waals surface area contributed by atoms with Crippen molar-refractivity contribution in [1.82, 2.24) is 0 Å². The van der Waals surface area contributed by atoms with E-state index in [0.717, 1.165) is 5.56 Å². The fourth-order valence-electron chi connectivity index (χ4n) is 2.16. The van der Waals surface area contributed by atoms with Gasteiger partial charge < -0.3 is 5.11 Å². The van der Waals surface area contributed by atoms with E-state index in [1.807, 2.05) is 18.2 Å². The molecule has 0 radical (unpaired) electrons. The lowest BCUT2D eigenvalue weighted by atomic mass is 9.99. The molecule has 2 aromatic carbocycles. The summed E-state index contributed by atoms with van der Waals surface area (Å²) in [6.45, 7) is 0. The molecule has 0 heterocycles. The molecule has 1 atom stereocenters. The fourth-order valence-corrected chi connectivity index (χ4v) is 2.27.